The highest BCUT2D eigenvalue weighted by Crippen LogP contribution is 2.57. The first kappa shape index (κ1) is 15.4. The number of hydrogen-bond donors (Lipinski definition) is 0. The molecule has 4 saturated carbocycles. The van der Waals surface area contributed by atoms with Gasteiger partial charge in [-0.25, -0.2) is 4.79 Å². The molecular weight excluding hydrogens is 282 g/mol. The molecular formula is C16H23N3O3. The van der Waals surface area contributed by atoms with Gasteiger partial charge in [-0.15, -0.1) is 0 Å². The van der Waals surface area contributed by atoms with Crippen LogP contribution >= 0.6 is 0 Å². The average molecular weight is 305 g/mol. The molecule has 4 bridgehead atoms. The molecule has 0 saturated heterocycles. The molecule has 0 aliphatic heterocycles. The predicted octanol–water partition coefficient (Wildman–Crippen LogP) is 3.73. The van der Waals surface area contributed by atoms with Crippen LogP contribution in [0.1, 0.15) is 45.4 Å². The Kier molecular flexibility index (Phi) is 4.15. The SMILES string of the molecule is C=C(CN=[N+]=[N-])C(=O)OC(C)OC12CC3CC(CC(C3)C1)C2. The predicted molar refractivity (Wildman–Crippen MR) is 80.7 cm³/mol. The van der Waals surface area contributed by atoms with E-state index in [-0.39, 0.29) is 17.7 Å². The zero-order valence-electron chi connectivity index (χ0n) is 13.0. The number of ether oxygens (including phenoxy) is 2. The van der Waals surface area contributed by atoms with Gasteiger partial charge in [0.25, 0.3) is 0 Å². The van der Waals surface area contributed by atoms with Crippen LogP contribution in [0.25, 0.3) is 10.4 Å². The van der Waals surface area contributed by atoms with E-state index >= 15 is 0 Å². The molecule has 4 aliphatic carbocycles. The van der Waals surface area contributed by atoms with Gasteiger partial charge < -0.3 is 9.47 Å². The van der Waals surface area contributed by atoms with Gasteiger partial charge in [-0.2, -0.15) is 0 Å². The summed E-state index contributed by atoms with van der Waals surface area (Å²) in [6.45, 7) is 5.27. The van der Waals surface area contributed by atoms with E-state index in [2.05, 4.69) is 16.6 Å². The Morgan fingerprint density at radius 2 is 1.86 bits per heavy atom. The molecule has 0 aromatic carbocycles. The van der Waals surface area contributed by atoms with Crippen molar-refractivity contribution in [1.29, 1.82) is 0 Å². The third-order valence-electron chi connectivity index (χ3n) is 5.28. The first-order chi connectivity index (χ1) is 10.5. The van der Waals surface area contributed by atoms with Gasteiger partial charge in [0, 0.05) is 10.5 Å². The van der Waals surface area contributed by atoms with Crippen molar-refractivity contribution in [2.75, 3.05) is 6.54 Å². The van der Waals surface area contributed by atoms with E-state index in [9.17, 15) is 4.79 Å². The van der Waals surface area contributed by atoms with Crippen molar-refractivity contribution in [2.45, 2.75) is 57.3 Å². The molecule has 4 fully saturated rings. The van der Waals surface area contributed by atoms with Gasteiger partial charge in [0.15, 0.2) is 0 Å². The van der Waals surface area contributed by atoms with Crippen LogP contribution in [0.4, 0.5) is 0 Å². The highest BCUT2D eigenvalue weighted by molar-refractivity contribution is 5.88. The first-order valence-electron chi connectivity index (χ1n) is 8.07. The topological polar surface area (TPSA) is 84.3 Å². The van der Waals surface area contributed by atoms with Gasteiger partial charge >= 0.3 is 5.97 Å². The number of esters is 1. The first-order valence-corrected chi connectivity index (χ1v) is 8.07. The Bertz CT molecular complexity index is 489. The second kappa shape index (κ2) is 5.94. The lowest BCUT2D eigenvalue weighted by atomic mass is 9.54. The van der Waals surface area contributed by atoms with Crippen molar-refractivity contribution in [3.8, 4) is 0 Å². The van der Waals surface area contributed by atoms with Crippen molar-refractivity contribution in [3.05, 3.63) is 22.6 Å². The van der Waals surface area contributed by atoms with Crippen molar-refractivity contribution < 1.29 is 14.3 Å². The van der Waals surface area contributed by atoms with Gasteiger partial charge in [0.05, 0.1) is 12.1 Å². The standard InChI is InChI=1S/C16H23N3O3/c1-10(9-18-19-17)15(20)21-11(2)22-16-6-12-3-13(7-16)5-14(4-12)8-16/h11-14H,1,3-9H2,2H3. The maximum atomic E-state index is 11.9. The van der Waals surface area contributed by atoms with E-state index in [1.807, 2.05) is 0 Å². The fourth-order valence-corrected chi connectivity index (χ4v) is 4.97. The minimum Gasteiger partial charge on any atom is -0.433 e. The van der Waals surface area contributed by atoms with E-state index in [0.29, 0.717) is 0 Å². The molecule has 120 valence electrons. The Morgan fingerprint density at radius 3 is 2.36 bits per heavy atom. The molecule has 0 aromatic rings. The largest absolute Gasteiger partial charge is 0.433 e. The van der Waals surface area contributed by atoms with Gasteiger partial charge in [0.1, 0.15) is 0 Å². The number of nitrogens with zero attached hydrogens (tertiary/aromatic N) is 3. The summed E-state index contributed by atoms with van der Waals surface area (Å²) in [5.74, 6) is 1.81. The number of hydrogen-bond acceptors (Lipinski definition) is 4. The third kappa shape index (κ3) is 3.13. The second-order valence-electron chi connectivity index (χ2n) is 7.18. The van der Waals surface area contributed by atoms with Crippen LogP contribution in [0.5, 0.6) is 0 Å². The average Bonchev–Trinajstić information content (AvgIpc) is 2.42. The van der Waals surface area contributed by atoms with Crippen LogP contribution in [-0.2, 0) is 14.3 Å². The molecule has 6 nitrogen and oxygen atoms in total. The normalized spacial score (nSPS) is 36.5. The highest BCUT2D eigenvalue weighted by Gasteiger charge is 2.52. The Morgan fingerprint density at radius 1 is 1.32 bits per heavy atom. The van der Waals surface area contributed by atoms with E-state index in [1.54, 1.807) is 6.92 Å². The molecule has 1 unspecified atom stereocenters. The second-order valence-corrected chi connectivity index (χ2v) is 7.18. The molecule has 22 heavy (non-hydrogen) atoms. The van der Waals surface area contributed by atoms with Crippen molar-refractivity contribution in [3.63, 3.8) is 0 Å². The number of rotatable bonds is 6. The zero-order valence-corrected chi connectivity index (χ0v) is 13.0. The molecule has 1 atom stereocenters. The molecule has 0 radical (unpaired) electrons. The minimum atomic E-state index is -0.591. The van der Waals surface area contributed by atoms with Gasteiger partial charge in [-0.05, 0) is 68.7 Å². The lowest BCUT2D eigenvalue weighted by Crippen LogP contribution is -2.53. The Hall–Kier alpha value is -1.52. The molecule has 0 heterocycles. The molecule has 4 rings (SSSR count). The number of carbonyl (C=O) groups is 1. The minimum absolute atomic E-state index is 0.0700. The molecule has 0 aromatic heterocycles. The van der Waals surface area contributed by atoms with E-state index in [1.165, 1.54) is 19.3 Å². The van der Waals surface area contributed by atoms with Crippen molar-refractivity contribution >= 4 is 5.97 Å². The summed E-state index contributed by atoms with van der Waals surface area (Å²) in [7, 11) is 0. The molecule has 6 heteroatoms. The van der Waals surface area contributed by atoms with Gasteiger partial charge in [0.2, 0.25) is 6.29 Å². The molecule has 4 aliphatic rings. The quantitative estimate of drug-likeness (QED) is 0.187. The van der Waals surface area contributed by atoms with Crippen molar-refractivity contribution in [1.82, 2.24) is 0 Å². The van der Waals surface area contributed by atoms with Crippen LogP contribution in [0, 0.1) is 17.8 Å². The zero-order chi connectivity index (χ0) is 15.7. The summed E-state index contributed by atoms with van der Waals surface area (Å²) in [5.41, 5.74) is 8.32. The van der Waals surface area contributed by atoms with E-state index < -0.39 is 12.3 Å². The Balaban J connectivity index is 1.55. The summed E-state index contributed by atoms with van der Waals surface area (Å²) in [5, 5.41) is 3.32. The maximum absolute atomic E-state index is 11.9. The van der Waals surface area contributed by atoms with Crippen LogP contribution in [-0.4, -0.2) is 24.4 Å². The molecule has 0 N–H and O–H groups in total. The molecule has 0 amide bonds. The van der Waals surface area contributed by atoms with Gasteiger partial charge in [-0.1, -0.05) is 11.7 Å². The fourth-order valence-electron chi connectivity index (χ4n) is 4.97. The third-order valence-corrected chi connectivity index (χ3v) is 5.28. The maximum Gasteiger partial charge on any atom is 0.335 e. The van der Waals surface area contributed by atoms with Crippen LogP contribution in [0.15, 0.2) is 17.3 Å². The smallest absolute Gasteiger partial charge is 0.335 e. The van der Waals surface area contributed by atoms with Crippen LogP contribution in [0.2, 0.25) is 0 Å². The molecule has 0 spiro atoms. The lowest BCUT2D eigenvalue weighted by molar-refractivity contribution is -0.243. The Labute approximate surface area is 130 Å². The van der Waals surface area contributed by atoms with Crippen LogP contribution in [0.3, 0.4) is 0 Å². The fraction of sp³-hybridized carbons (Fsp3) is 0.812. The summed E-state index contributed by atoms with van der Waals surface area (Å²) >= 11 is 0. The van der Waals surface area contributed by atoms with Crippen molar-refractivity contribution in [2.24, 2.45) is 22.9 Å². The summed E-state index contributed by atoms with van der Waals surface area (Å²) in [6.07, 6.45) is 6.74. The lowest BCUT2D eigenvalue weighted by Gasteiger charge is -2.56. The summed E-state index contributed by atoms with van der Waals surface area (Å²) in [6, 6.07) is 0. The summed E-state index contributed by atoms with van der Waals surface area (Å²) < 4.78 is 11.5. The van der Waals surface area contributed by atoms with Crippen LogP contribution < -0.4 is 0 Å². The van der Waals surface area contributed by atoms with Gasteiger partial charge in [-0.3, -0.25) is 0 Å². The summed E-state index contributed by atoms with van der Waals surface area (Å²) in [4.78, 5) is 14.5. The number of carbonyl (C=O) groups excluding carboxylic acids is 1. The highest BCUT2D eigenvalue weighted by atomic mass is 16.7. The van der Waals surface area contributed by atoms with E-state index in [0.717, 1.165) is 37.0 Å². The number of azide groups is 1. The van der Waals surface area contributed by atoms with E-state index in [4.69, 9.17) is 15.0 Å². The monoisotopic (exact) mass is 305 g/mol.